The molecule has 0 unspecified atom stereocenters. The molecule has 0 spiro atoms. The molecular formula is C24H27BrN4OS. The second-order valence-electron chi connectivity index (χ2n) is 8.08. The summed E-state index contributed by atoms with van der Waals surface area (Å²) in [5.74, 6) is 1.17. The Morgan fingerprint density at radius 1 is 1.06 bits per heavy atom. The largest absolute Gasteiger partial charge is 0.325 e. The summed E-state index contributed by atoms with van der Waals surface area (Å²) in [7, 11) is 0. The Kier molecular flexibility index (Phi) is 7.13. The van der Waals surface area contributed by atoms with Gasteiger partial charge in [0.25, 0.3) is 0 Å². The van der Waals surface area contributed by atoms with Crippen molar-refractivity contribution in [3.63, 3.8) is 0 Å². The lowest BCUT2D eigenvalue weighted by atomic mass is 9.95. The minimum absolute atomic E-state index is 0.0224. The van der Waals surface area contributed by atoms with Crippen molar-refractivity contribution in [1.82, 2.24) is 14.8 Å². The van der Waals surface area contributed by atoms with Crippen LogP contribution in [0.3, 0.4) is 0 Å². The third-order valence-corrected chi connectivity index (χ3v) is 7.26. The number of hydrogen-bond donors (Lipinski definition) is 1. The van der Waals surface area contributed by atoms with Crippen molar-refractivity contribution < 1.29 is 4.79 Å². The molecule has 0 aliphatic heterocycles. The van der Waals surface area contributed by atoms with Gasteiger partial charge in [-0.2, -0.15) is 0 Å². The van der Waals surface area contributed by atoms with E-state index in [1.165, 1.54) is 31.0 Å². The van der Waals surface area contributed by atoms with Gasteiger partial charge in [0.15, 0.2) is 11.0 Å². The summed E-state index contributed by atoms with van der Waals surface area (Å²) in [6, 6.07) is 14.6. The zero-order chi connectivity index (χ0) is 21.8. The van der Waals surface area contributed by atoms with Gasteiger partial charge in [-0.25, -0.2) is 0 Å². The zero-order valence-electron chi connectivity index (χ0n) is 17.9. The van der Waals surface area contributed by atoms with Crippen LogP contribution < -0.4 is 5.32 Å². The predicted molar refractivity (Wildman–Crippen MR) is 131 cm³/mol. The Morgan fingerprint density at radius 3 is 2.42 bits per heavy atom. The number of thioether (sulfide) groups is 1. The number of para-hydroxylation sites is 1. The van der Waals surface area contributed by atoms with Gasteiger partial charge in [-0.1, -0.05) is 77.3 Å². The van der Waals surface area contributed by atoms with E-state index in [0.717, 1.165) is 50.7 Å². The number of carbonyl (C=O) groups excluding carboxylic acids is 1. The summed E-state index contributed by atoms with van der Waals surface area (Å²) in [5.41, 5.74) is 4.09. The van der Waals surface area contributed by atoms with E-state index < -0.39 is 0 Å². The second-order valence-corrected chi connectivity index (χ2v) is 9.94. The number of halogens is 1. The van der Waals surface area contributed by atoms with Crippen LogP contribution in [0.25, 0.3) is 11.4 Å². The molecule has 4 rings (SSSR count). The number of carbonyl (C=O) groups is 1. The highest BCUT2D eigenvalue weighted by atomic mass is 79.9. The van der Waals surface area contributed by atoms with Gasteiger partial charge in [0.2, 0.25) is 5.91 Å². The van der Waals surface area contributed by atoms with Crippen LogP contribution in [-0.2, 0) is 4.79 Å². The number of nitrogens with one attached hydrogen (secondary N) is 1. The average molecular weight is 499 g/mol. The van der Waals surface area contributed by atoms with Crippen molar-refractivity contribution in [3.05, 3.63) is 58.1 Å². The molecule has 3 aromatic rings. The van der Waals surface area contributed by atoms with Gasteiger partial charge in [0, 0.05) is 21.8 Å². The first-order valence-corrected chi connectivity index (χ1v) is 12.5. The molecule has 162 valence electrons. The standard InChI is InChI=1S/C24H27BrN4OS/c1-16-7-6-8-17(2)22(16)26-21(30)15-31-24-28-27-23(18-11-13-19(25)14-12-18)29(24)20-9-4-3-5-10-20/h6-8,11-14,20H,3-5,9-10,15H2,1-2H3,(H,26,30). The maximum atomic E-state index is 12.7. The molecule has 5 nitrogen and oxygen atoms in total. The molecule has 7 heteroatoms. The number of rotatable bonds is 6. The molecular weight excluding hydrogens is 472 g/mol. The van der Waals surface area contributed by atoms with E-state index in [0.29, 0.717) is 11.8 Å². The lowest BCUT2D eigenvalue weighted by molar-refractivity contribution is -0.113. The fraction of sp³-hybridized carbons (Fsp3) is 0.375. The van der Waals surface area contributed by atoms with E-state index in [1.807, 2.05) is 44.2 Å². The summed E-state index contributed by atoms with van der Waals surface area (Å²) in [5, 5.41) is 12.9. The summed E-state index contributed by atoms with van der Waals surface area (Å²) in [6.07, 6.45) is 5.99. The highest BCUT2D eigenvalue weighted by Crippen LogP contribution is 2.36. The van der Waals surface area contributed by atoms with Crippen LogP contribution in [0, 0.1) is 13.8 Å². The Morgan fingerprint density at radius 2 is 1.74 bits per heavy atom. The molecule has 1 saturated carbocycles. The number of amides is 1. The number of aryl methyl sites for hydroxylation is 2. The van der Waals surface area contributed by atoms with Crippen molar-refractivity contribution >= 4 is 39.3 Å². The zero-order valence-corrected chi connectivity index (χ0v) is 20.3. The van der Waals surface area contributed by atoms with Crippen molar-refractivity contribution in [1.29, 1.82) is 0 Å². The van der Waals surface area contributed by atoms with Crippen LogP contribution in [-0.4, -0.2) is 26.4 Å². The number of hydrogen-bond acceptors (Lipinski definition) is 4. The number of anilines is 1. The Balaban J connectivity index is 1.55. The molecule has 31 heavy (non-hydrogen) atoms. The Labute approximate surface area is 196 Å². The molecule has 0 bridgehead atoms. The monoisotopic (exact) mass is 498 g/mol. The first-order valence-electron chi connectivity index (χ1n) is 10.7. The summed E-state index contributed by atoms with van der Waals surface area (Å²) in [6.45, 7) is 4.03. The van der Waals surface area contributed by atoms with Crippen LogP contribution in [0.4, 0.5) is 5.69 Å². The van der Waals surface area contributed by atoms with Crippen LogP contribution >= 0.6 is 27.7 Å². The quantitative estimate of drug-likeness (QED) is 0.390. The van der Waals surface area contributed by atoms with Crippen LogP contribution in [0.2, 0.25) is 0 Å². The molecule has 1 fully saturated rings. The van der Waals surface area contributed by atoms with E-state index in [9.17, 15) is 4.79 Å². The molecule has 0 atom stereocenters. The molecule has 1 aromatic heterocycles. The summed E-state index contributed by atoms with van der Waals surface area (Å²) >= 11 is 4.97. The van der Waals surface area contributed by atoms with Crippen molar-refractivity contribution in [2.24, 2.45) is 0 Å². The van der Waals surface area contributed by atoms with Gasteiger partial charge in [-0.15, -0.1) is 10.2 Å². The number of benzene rings is 2. The molecule has 0 radical (unpaired) electrons. The van der Waals surface area contributed by atoms with Gasteiger partial charge >= 0.3 is 0 Å². The Hall–Kier alpha value is -2.12. The summed E-state index contributed by atoms with van der Waals surface area (Å²) < 4.78 is 3.30. The fourth-order valence-corrected chi connectivity index (χ4v) is 5.23. The molecule has 1 aliphatic rings. The van der Waals surface area contributed by atoms with Crippen molar-refractivity contribution in [2.45, 2.75) is 57.1 Å². The third kappa shape index (κ3) is 5.21. The van der Waals surface area contributed by atoms with Crippen LogP contribution in [0.1, 0.15) is 49.3 Å². The Bertz CT molecular complexity index is 1040. The molecule has 0 saturated heterocycles. The topological polar surface area (TPSA) is 59.8 Å². The average Bonchev–Trinajstić information content (AvgIpc) is 3.20. The van der Waals surface area contributed by atoms with Gasteiger partial charge < -0.3 is 5.32 Å². The SMILES string of the molecule is Cc1cccc(C)c1NC(=O)CSc1nnc(-c2ccc(Br)cc2)n1C1CCCCC1. The number of aromatic nitrogens is 3. The molecule has 1 heterocycles. The first kappa shape index (κ1) is 22.1. The molecule has 1 amide bonds. The van der Waals surface area contributed by atoms with Gasteiger partial charge in [-0.05, 0) is 49.9 Å². The van der Waals surface area contributed by atoms with Gasteiger partial charge in [0.1, 0.15) is 0 Å². The first-order chi connectivity index (χ1) is 15.0. The van der Waals surface area contributed by atoms with E-state index in [2.05, 4.69) is 48.1 Å². The second kappa shape index (κ2) is 10.0. The third-order valence-electron chi connectivity index (χ3n) is 5.78. The lowest BCUT2D eigenvalue weighted by Crippen LogP contribution is -2.18. The van der Waals surface area contributed by atoms with Gasteiger partial charge in [0.05, 0.1) is 5.75 Å². The number of nitrogens with zero attached hydrogens (tertiary/aromatic N) is 3. The fourth-order valence-electron chi connectivity index (χ4n) is 4.16. The van der Waals surface area contributed by atoms with Gasteiger partial charge in [-0.3, -0.25) is 9.36 Å². The summed E-state index contributed by atoms with van der Waals surface area (Å²) in [4.78, 5) is 12.7. The van der Waals surface area contributed by atoms with Crippen molar-refractivity contribution in [2.75, 3.05) is 11.1 Å². The smallest absolute Gasteiger partial charge is 0.234 e. The van der Waals surface area contributed by atoms with E-state index in [4.69, 9.17) is 0 Å². The normalized spacial score (nSPS) is 14.5. The molecule has 1 aliphatic carbocycles. The van der Waals surface area contributed by atoms with Crippen molar-refractivity contribution in [3.8, 4) is 11.4 Å². The lowest BCUT2D eigenvalue weighted by Gasteiger charge is -2.25. The maximum absolute atomic E-state index is 12.7. The minimum Gasteiger partial charge on any atom is -0.325 e. The highest BCUT2D eigenvalue weighted by molar-refractivity contribution is 9.10. The van der Waals surface area contributed by atoms with E-state index in [1.54, 1.807) is 0 Å². The van der Waals surface area contributed by atoms with E-state index in [-0.39, 0.29) is 5.91 Å². The van der Waals surface area contributed by atoms with Crippen LogP contribution in [0.15, 0.2) is 52.1 Å². The van der Waals surface area contributed by atoms with E-state index >= 15 is 0 Å². The highest BCUT2D eigenvalue weighted by Gasteiger charge is 2.24. The maximum Gasteiger partial charge on any atom is 0.234 e. The molecule has 1 N–H and O–H groups in total. The predicted octanol–water partition coefficient (Wildman–Crippen LogP) is 6.56. The van der Waals surface area contributed by atoms with Crippen LogP contribution in [0.5, 0.6) is 0 Å². The molecule has 2 aromatic carbocycles. The minimum atomic E-state index is -0.0224.